The fourth-order valence-corrected chi connectivity index (χ4v) is 4.95. The van der Waals surface area contributed by atoms with Gasteiger partial charge in [-0.3, -0.25) is 9.59 Å². The average Bonchev–Trinajstić information content (AvgIpc) is 3.23. The van der Waals surface area contributed by atoms with E-state index in [1.807, 2.05) is 24.3 Å². The van der Waals surface area contributed by atoms with Gasteiger partial charge in [-0.25, -0.2) is 0 Å². The van der Waals surface area contributed by atoms with Crippen molar-refractivity contribution >= 4 is 17.4 Å². The number of amides is 1. The molecule has 3 rings (SSSR count). The van der Waals surface area contributed by atoms with Crippen LogP contribution in [0.4, 0.5) is 0 Å². The van der Waals surface area contributed by atoms with Gasteiger partial charge in [0, 0.05) is 12.1 Å². The minimum Gasteiger partial charge on any atom is -0.507 e. The van der Waals surface area contributed by atoms with E-state index in [2.05, 4.69) is 32.6 Å². The summed E-state index contributed by atoms with van der Waals surface area (Å²) in [6, 6.07) is 13.9. The van der Waals surface area contributed by atoms with Crippen LogP contribution in [0.15, 0.2) is 54.1 Å². The molecule has 1 heterocycles. The summed E-state index contributed by atoms with van der Waals surface area (Å²) in [5.74, 6) is 0.0403. The van der Waals surface area contributed by atoms with Gasteiger partial charge in [0.25, 0.3) is 11.7 Å². The number of nitrogens with zero attached hydrogens (tertiary/aromatic N) is 2. The molecule has 0 unspecified atom stereocenters. The Balaban J connectivity index is 1.91. The van der Waals surface area contributed by atoms with Crippen LogP contribution in [0.1, 0.15) is 83.4 Å². The smallest absolute Gasteiger partial charge is 0.295 e. The highest BCUT2D eigenvalue weighted by Gasteiger charge is 2.45. The minimum absolute atomic E-state index is 0.115. The normalized spacial score (nSPS) is 16.6. The Hall–Kier alpha value is -3.32. The number of likely N-dealkylation sites (tertiary alicyclic amines) is 1. The Morgan fingerprint density at radius 1 is 0.800 bits per heavy atom. The van der Waals surface area contributed by atoms with Crippen LogP contribution in [0.3, 0.4) is 0 Å². The minimum atomic E-state index is -0.675. The molecule has 218 valence electrons. The molecule has 1 fully saturated rings. The molecular formula is C33H46N2O5. The number of aliphatic hydroxyl groups is 1. The third kappa shape index (κ3) is 8.10. The summed E-state index contributed by atoms with van der Waals surface area (Å²) in [5.41, 5.74) is 1.36. The lowest BCUT2D eigenvalue weighted by Gasteiger charge is -2.27. The zero-order chi connectivity index (χ0) is 28.9. The summed E-state index contributed by atoms with van der Waals surface area (Å²) in [6.45, 7) is 12.9. The highest BCUT2D eigenvalue weighted by Crippen LogP contribution is 2.40. The summed E-state index contributed by atoms with van der Waals surface area (Å²) in [6.07, 6.45) is 5.97. The van der Waals surface area contributed by atoms with E-state index in [0.29, 0.717) is 31.1 Å². The van der Waals surface area contributed by atoms with Gasteiger partial charge < -0.3 is 24.4 Å². The van der Waals surface area contributed by atoms with Crippen LogP contribution in [-0.4, -0.2) is 66.0 Å². The number of benzene rings is 2. The maximum atomic E-state index is 13.4. The van der Waals surface area contributed by atoms with Crippen molar-refractivity contribution in [3.8, 4) is 11.5 Å². The summed E-state index contributed by atoms with van der Waals surface area (Å²) in [7, 11) is 0. The fraction of sp³-hybridized carbons (Fsp3) is 0.515. The summed E-state index contributed by atoms with van der Waals surface area (Å²) >= 11 is 0. The van der Waals surface area contributed by atoms with Gasteiger partial charge in [-0.05, 0) is 80.9 Å². The van der Waals surface area contributed by atoms with E-state index in [1.54, 1.807) is 29.2 Å². The van der Waals surface area contributed by atoms with E-state index in [-0.39, 0.29) is 11.3 Å². The summed E-state index contributed by atoms with van der Waals surface area (Å²) in [4.78, 5) is 30.6. The van der Waals surface area contributed by atoms with Crippen molar-refractivity contribution in [3.05, 3.63) is 65.2 Å². The van der Waals surface area contributed by atoms with Crippen molar-refractivity contribution < 1.29 is 24.2 Å². The van der Waals surface area contributed by atoms with Crippen LogP contribution in [-0.2, 0) is 9.59 Å². The van der Waals surface area contributed by atoms with E-state index in [4.69, 9.17) is 9.47 Å². The third-order valence-electron chi connectivity index (χ3n) is 7.41. The fourth-order valence-electron chi connectivity index (χ4n) is 4.95. The van der Waals surface area contributed by atoms with Crippen molar-refractivity contribution in [2.75, 3.05) is 39.4 Å². The zero-order valence-electron chi connectivity index (χ0n) is 24.7. The molecule has 0 spiro atoms. The molecular weight excluding hydrogens is 504 g/mol. The first kappa shape index (κ1) is 31.2. The maximum absolute atomic E-state index is 13.4. The van der Waals surface area contributed by atoms with E-state index < -0.39 is 17.7 Å². The molecule has 7 nitrogen and oxygen atoms in total. The molecule has 1 N–H and O–H groups in total. The number of carbonyl (C=O) groups is 2. The highest BCUT2D eigenvalue weighted by molar-refractivity contribution is 6.46. The Morgan fingerprint density at radius 3 is 1.95 bits per heavy atom. The molecule has 1 saturated heterocycles. The predicted octanol–water partition coefficient (Wildman–Crippen LogP) is 6.59. The van der Waals surface area contributed by atoms with Gasteiger partial charge in [0.1, 0.15) is 17.3 Å². The number of hydrogen-bond acceptors (Lipinski definition) is 6. The van der Waals surface area contributed by atoms with Gasteiger partial charge in [-0.15, -0.1) is 0 Å². The molecule has 0 bridgehead atoms. The lowest BCUT2D eigenvalue weighted by Crippen LogP contribution is -2.33. The van der Waals surface area contributed by atoms with Gasteiger partial charge in [-0.1, -0.05) is 59.1 Å². The number of rotatable bonds is 17. The molecule has 2 aromatic carbocycles. The SMILES string of the molecule is CCCCCOc1ccc([C@@H]2C(=C(O)c3ccc(OCCCC)cc3)C(=O)C(=O)N2CCCN(CC)CC)cc1. The number of aliphatic hydroxyl groups excluding tert-OH is 1. The number of carbonyl (C=O) groups excluding carboxylic acids is 2. The average molecular weight is 551 g/mol. The maximum Gasteiger partial charge on any atom is 0.295 e. The molecule has 0 saturated carbocycles. The van der Waals surface area contributed by atoms with E-state index in [0.717, 1.165) is 69.5 Å². The second kappa shape index (κ2) is 16.1. The highest BCUT2D eigenvalue weighted by atomic mass is 16.5. The lowest BCUT2D eigenvalue weighted by molar-refractivity contribution is -0.140. The van der Waals surface area contributed by atoms with Gasteiger partial charge in [-0.2, -0.15) is 0 Å². The van der Waals surface area contributed by atoms with Crippen molar-refractivity contribution in [3.63, 3.8) is 0 Å². The molecule has 1 amide bonds. The molecule has 1 atom stereocenters. The van der Waals surface area contributed by atoms with Crippen LogP contribution in [0, 0.1) is 0 Å². The van der Waals surface area contributed by atoms with Crippen molar-refractivity contribution in [2.45, 2.75) is 72.3 Å². The number of ether oxygens (including phenoxy) is 2. The molecule has 7 heteroatoms. The summed E-state index contributed by atoms with van der Waals surface area (Å²) < 4.78 is 11.6. The van der Waals surface area contributed by atoms with Crippen LogP contribution >= 0.6 is 0 Å². The van der Waals surface area contributed by atoms with Crippen LogP contribution in [0.25, 0.3) is 5.76 Å². The van der Waals surface area contributed by atoms with Gasteiger partial charge in [0.15, 0.2) is 0 Å². The third-order valence-corrected chi connectivity index (χ3v) is 7.41. The Morgan fingerprint density at radius 2 is 1.38 bits per heavy atom. The molecule has 0 aromatic heterocycles. The van der Waals surface area contributed by atoms with Crippen molar-refractivity contribution in [1.29, 1.82) is 0 Å². The molecule has 1 aliphatic heterocycles. The second-order valence-electron chi connectivity index (χ2n) is 10.2. The Bertz CT molecular complexity index is 1110. The van der Waals surface area contributed by atoms with Crippen LogP contribution in [0.2, 0.25) is 0 Å². The van der Waals surface area contributed by atoms with Gasteiger partial charge in [0.05, 0.1) is 24.8 Å². The van der Waals surface area contributed by atoms with Crippen molar-refractivity contribution in [2.24, 2.45) is 0 Å². The van der Waals surface area contributed by atoms with E-state index in [1.165, 1.54) is 0 Å². The van der Waals surface area contributed by atoms with E-state index >= 15 is 0 Å². The quantitative estimate of drug-likeness (QED) is 0.104. The largest absolute Gasteiger partial charge is 0.507 e. The van der Waals surface area contributed by atoms with Gasteiger partial charge >= 0.3 is 0 Å². The molecule has 0 radical (unpaired) electrons. The molecule has 2 aromatic rings. The summed E-state index contributed by atoms with van der Waals surface area (Å²) in [5, 5.41) is 11.4. The number of Topliss-reactive ketones (excluding diaryl/α,β-unsaturated/α-hetero) is 1. The van der Waals surface area contributed by atoms with Crippen LogP contribution in [0.5, 0.6) is 11.5 Å². The van der Waals surface area contributed by atoms with Crippen molar-refractivity contribution in [1.82, 2.24) is 9.80 Å². The van der Waals surface area contributed by atoms with E-state index in [9.17, 15) is 14.7 Å². The zero-order valence-corrected chi connectivity index (χ0v) is 24.7. The molecule has 1 aliphatic rings. The Kier molecular flexibility index (Phi) is 12.5. The monoisotopic (exact) mass is 550 g/mol. The number of hydrogen-bond donors (Lipinski definition) is 1. The number of unbranched alkanes of at least 4 members (excludes halogenated alkanes) is 3. The van der Waals surface area contributed by atoms with Gasteiger partial charge in [0.2, 0.25) is 0 Å². The number of ketones is 1. The first-order chi connectivity index (χ1) is 19.4. The standard InChI is InChI=1S/C33H46N2O5/c1-5-9-11-24-40-27-17-13-25(14-18-27)30-29(31(36)26-15-19-28(20-16-26)39-23-10-6-2)32(37)33(38)35(30)22-12-21-34(7-3)8-4/h13-20,30,36H,5-12,21-24H2,1-4H3/t30-/m1/s1. The topological polar surface area (TPSA) is 79.3 Å². The second-order valence-corrected chi connectivity index (χ2v) is 10.2. The Labute approximate surface area is 239 Å². The lowest BCUT2D eigenvalue weighted by atomic mass is 9.95. The first-order valence-corrected chi connectivity index (χ1v) is 14.9. The first-order valence-electron chi connectivity index (χ1n) is 14.9. The molecule has 40 heavy (non-hydrogen) atoms. The molecule has 0 aliphatic carbocycles. The predicted molar refractivity (Wildman–Crippen MR) is 160 cm³/mol. The van der Waals surface area contributed by atoms with Crippen LogP contribution < -0.4 is 9.47 Å².